The smallest absolute Gasteiger partial charge is 0.325 e. The maximum absolute atomic E-state index is 11.1. The molecular formula is C13H14Cl2N4O2. The SMILES string of the molecule is CNCc1c(/N=C(/C)[O-])on[n+]1Cc1ccc(Cl)cc1Cl. The maximum Gasteiger partial charge on any atom is 0.325 e. The fourth-order valence-electron chi connectivity index (χ4n) is 1.80. The molecule has 0 unspecified atom stereocenters. The van der Waals surface area contributed by atoms with Crippen LogP contribution < -0.4 is 15.1 Å². The molecule has 1 N–H and O–H groups in total. The molecule has 1 heterocycles. The average molecular weight is 329 g/mol. The van der Waals surface area contributed by atoms with Gasteiger partial charge in [0.1, 0.15) is 0 Å². The Morgan fingerprint density at radius 2 is 2.24 bits per heavy atom. The van der Waals surface area contributed by atoms with Gasteiger partial charge in [0, 0.05) is 10.6 Å². The molecule has 0 atom stereocenters. The fraction of sp³-hybridized carbons (Fsp3) is 0.308. The van der Waals surface area contributed by atoms with Crippen molar-refractivity contribution in [2.24, 2.45) is 4.99 Å². The van der Waals surface area contributed by atoms with Crippen molar-refractivity contribution in [3.8, 4) is 0 Å². The number of nitrogens with zero attached hydrogens (tertiary/aromatic N) is 3. The summed E-state index contributed by atoms with van der Waals surface area (Å²) in [6.07, 6.45) is 0. The number of rotatable bonds is 5. The first kappa shape index (κ1) is 15.8. The largest absolute Gasteiger partial charge is 0.862 e. The van der Waals surface area contributed by atoms with Crippen LogP contribution in [0.4, 0.5) is 5.88 Å². The summed E-state index contributed by atoms with van der Waals surface area (Å²) in [5.41, 5.74) is 1.50. The molecule has 0 fully saturated rings. The lowest BCUT2D eigenvalue weighted by atomic mass is 10.2. The van der Waals surface area contributed by atoms with Crippen molar-refractivity contribution in [1.29, 1.82) is 0 Å². The summed E-state index contributed by atoms with van der Waals surface area (Å²) in [5.74, 6) is -0.151. The Bertz CT molecular complexity index is 666. The Morgan fingerprint density at radius 3 is 2.86 bits per heavy atom. The van der Waals surface area contributed by atoms with Crippen molar-refractivity contribution in [2.45, 2.75) is 20.0 Å². The summed E-state index contributed by atoms with van der Waals surface area (Å²) in [7, 11) is 1.78. The minimum atomic E-state index is -0.347. The van der Waals surface area contributed by atoms with Crippen molar-refractivity contribution in [1.82, 2.24) is 10.6 Å². The highest BCUT2D eigenvalue weighted by molar-refractivity contribution is 6.35. The predicted molar refractivity (Wildman–Crippen MR) is 77.8 cm³/mol. The van der Waals surface area contributed by atoms with E-state index in [9.17, 15) is 5.11 Å². The fourth-order valence-corrected chi connectivity index (χ4v) is 2.27. The monoisotopic (exact) mass is 328 g/mol. The molecule has 6 nitrogen and oxygen atoms in total. The molecule has 0 radical (unpaired) electrons. The number of benzene rings is 1. The second-order valence-corrected chi connectivity index (χ2v) is 5.22. The van der Waals surface area contributed by atoms with Crippen molar-refractivity contribution in [3.63, 3.8) is 0 Å². The van der Waals surface area contributed by atoms with E-state index in [0.717, 1.165) is 5.56 Å². The summed E-state index contributed by atoms with van der Waals surface area (Å²) in [4.78, 5) is 3.79. The summed E-state index contributed by atoms with van der Waals surface area (Å²) in [5, 5.41) is 19.1. The standard InChI is InChI=1S/C13H14Cl2N4O2/c1-8(20)17-13-12(6-16-2)19(18-21-13)7-9-3-4-10(14)5-11(9)15/h3-5,16H,6-7H2,1-2H3. The van der Waals surface area contributed by atoms with Gasteiger partial charge >= 0.3 is 5.88 Å². The van der Waals surface area contributed by atoms with Crippen molar-refractivity contribution < 1.29 is 14.3 Å². The van der Waals surface area contributed by atoms with E-state index in [2.05, 4.69) is 15.6 Å². The molecule has 0 spiro atoms. The van der Waals surface area contributed by atoms with Gasteiger partial charge in [0.15, 0.2) is 0 Å². The van der Waals surface area contributed by atoms with E-state index in [-0.39, 0.29) is 11.8 Å². The Morgan fingerprint density at radius 1 is 1.48 bits per heavy atom. The second-order valence-electron chi connectivity index (χ2n) is 4.38. The van der Waals surface area contributed by atoms with Gasteiger partial charge in [-0.3, -0.25) is 4.52 Å². The molecule has 2 aromatic rings. The molecule has 0 bridgehead atoms. The third-order valence-corrected chi connectivity index (χ3v) is 3.31. The van der Waals surface area contributed by atoms with E-state index >= 15 is 0 Å². The molecule has 2 rings (SSSR count). The van der Waals surface area contributed by atoms with Gasteiger partial charge in [0.2, 0.25) is 11.8 Å². The van der Waals surface area contributed by atoms with Gasteiger partial charge in [-0.2, -0.15) is 0 Å². The van der Waals surface area contributed by atoms with Gasteiger partial charge < -0.3 is 10.4 Å². The third-order valence-electron chi connectivity index (χ3n) is 2.72. The van der Waals surface area contributed by atoms with E-state index in [1.165, 1.54) is 6.92 Å². The molecule has 0 saturated heterocycles. The van der Waals surface area contributed by atoms with Crippen LogP contribution in [0.15, 0.2) is 27.7 Å². The van der Waals surface area contributed by atoms with Crippen LogP contribution in [0.2, 0.25) is 10.0 Å². The van der Waals surface area contributed by atoms with Crippen LogP contribution in [0.25, 0.3) is 0 Å². The number of hydrogen-bond acceptors (Lipinski definition) is 5. The van der Waals surface area contributed by atoms with Crippen LogP contribution in [-0.2, 0) is 13.1 Å². The Balaban J connectivity index is 2.35. The van der Waals surface area contributed by atoms with Crippen LogP contribution in [0.1, 0.15) is 18.2 Å². The average Bonchev–Trinajstić information content (AvgIpc) is 2.76. The van der Waals surface area contributed by atoms with E-state index in [4.69, 9.17) is 27.7 Å². The molecule has 0 aliphatic carbocycles. The topological polar surface area (TPSA) is 77.4 Å². The van der Waals surface area contributed by atoms with Crippen LogP contribution in [0.3, 0.4) is 0 Å². The van der Waals surface area contributed by atoms with Gasteiger partial charge in [-0.05, 0) is 42.8 Å². The highest BCUT2D eigenvalue weighted by Gasteiger charge is 2.24. The number of nitrogens with one attached hydrogen (secondary N) is 1. The van der Waals surface area contributed by atoms with E-state index < -0.39 is 0 Å². The van der Waals surface area contributed by atoms with Crippen molar-refractivity contribution >= 4 is 35.0 Å². The second kappa shape index (κ2) is 6.89. The Hall–Kier alpha value is -1.63. The molecule has 0 amide bonds. The first-order valence-electron chi connectivity index (χ1n) is 6.20. The van der Waals surface area contributed by atoms with Gasteiger partial charge in [0.05, 0.1) is 11.6 Å². The molecule has 112 valence electrons. The van der Waals surface area contributed by atoms with Gasteiger partial charge in [-0.1, -0.05) is 23.2 Å². The zero-order chi connectivity index (χ0) is 15.4. The summed E-state index contributed by atoms with van der Waals surface area (Å²) >= 11 is 12.0. The molecule has 21 heavy (non-hydrogen) atoms. The molecular weight excluding hydrogens is 315 g/mol. The third kappa shape index (κ3) is 3.93. The lowest BCUT2D eigenvalue weighted by Crippen LogP contribution is -2.41. The van der Waals surface area contributed by atoms with Gasteiger partial charge in [0.25, 0.3) is 5.69 Å². The number of halogens is 2. The summed E-state index contributed by atoms with van der Waals surface area (Å²) in [6, 6.07) is 5.23. The lowest BCUT2D eigenvalue weighted by molar-refractivity contribution is -0.760. The van der Waals surface area contributed by atoms with Crippen LogP contribution in [-0.4, -0.2) is 18.2 Å². The van der Waals surface area contributed by atoms with E-state index in [1.54, 1.807) is 23.9 Å². The van der Waals surface area contributed by atoms with Crippen molar-refractivity contribution in [2.75, 3.05) is 7.05 Å². The van der Waals surface area contributed by atoms with Gasteiger partial charge in [-0.15, -0.1) is 0 Å². The molecule has 1 aromatic heterocycles. The minimum Gasteiger partial charge on any atom is -0.862 e. The van der Waals surface area contributed by atoms with Crippen LogP contribution in [0.5, 0.6) is 0 Å². The molecule has 0 saturated carbocycles. The zero-order valence-corrected chi connectivity index (χ0v) is 13.1. The predicted octanol–water partition coefficient (Wildman–Crippen LogP) is 1.45. The highest BCUT2D eigenvalue weighted by Crippen LogP contribution is 2.21. The molecule has 0 aliphatic rings. The quantitative estimate of drug-likeness (QED) is 0.512. The van der Waals surface area contributed by atoms with E-state index in [1.807, 2.05) is 6.07 Å². The number of aliphatic imine (C=N–C) groups is 1. The minimum absolute atomic E-state index is 0.196. The Labute approximate surface area is 132 Å². The van der Waals surface area contributed by atoms with E-state index in [0.29, 0.717) is 28.8 Å². The number of aromatic nitrogens is 2. The molecule has 8 heteroatoms. The van der Waals surface area contributed by atoms with Crippen LogP contribution in [0, 0.1) is 0 Å². The Kier molecular flexibility index (Phi) is 5.17. The summed E-state index contributed by atoms with van der Waals surface area (Å²) in [6.45, 7) is 2.21. The lowest BCUT2D eigenvalue weighted by Gasteiger charge is -2.01. The summed E-state index contributed by atoms with van der Waals surface area (Å²) < 4.78 is 6.72. The van der Waals surface area contributed by atoms with Crippen molar-refractivity contribution in [3.05, 3.63) is 39.5 Å². The van der Waals surface area contributed by atoms with Gasteiger partial charge in [-0.25, -0.2) is 4.99 Å². The number of hydrogen-bond donors (Lipinski definition) is 1. The van der Waals surface area contributed by atoms with Crippen LogP contribution >= 0.6 is 23.2 Å². The zero-order valence-electron chi connectivity index (χ0n) is 11.6. The molecule has 1 aromatic carbocycles. The maximum atomic E-state index is 11.1. The molecule has 0 aliphatic heterocycles. The first-order valence-corrected chi connectivity index (χ1v) is 6.96. The first-order chi connectivity index (χ1) is 10.0. The normalized spacial score (nSPS) is 11.9. The highest BCUT2D eigenvalue weighted by atomic mass is 35.5.